The molecule has 0 amide bonds. The van der Waals surface area contributed by atoms with Gasteiger partial charge in [-0.25, -0.2) is 0 Å². The quantitative estimate of drug-likeness (QED) is 0.599. The molecule has 0 aromatic heterocycles. The van der Waals surface area contributed by atoms with Crippen LogP contribution in [0.2, 0.25) is 0 Å². The van der Waals surface area contributed by atoms with Gasteiger partial charge in [-0.3, -0.25) is 0 Å². The van der Waals surface area contributed by atoms with Crippen LogP contribution in [0.25, 0.3) is 0 Å². The van der Waals surface area contributed by atoms with Gasteiger partial charge in [0, 0.05) is 12.6 Å². The fourth-order valence-electron chi connectivity index (χ4n) is 2.09. The zero-order valence-corrected chi connectivity index (χ0v) is 8.36. The fraction of sp³-hybridized carbons (Fsp3) is 0.889. The van der Waals surface area contributed by atoms with Crippen LogP contribution in [0.4, 0.5) is 0 Å². The first-order valence-corrected chi connectivity index (χ1v) is 4.89. The maximum Gasteiger partial charge on any atom is 0.191 e. The van der Waals surface area contributed by atoms with Gasteiger partial charge in [0.25, 0.3) is 0 Å². The molecule has 1 saturated heterocycles. The van der Waals surface area contributed by atoms with E-state index in [2.05, 4.69) is 22.0 Å². The van der Waals surface area contributed by atoms with Crippen LogP contribution in [0.3, 0.4) is 0 Å². The summed E-state index contributed by atoms with van der Waals surface area (Å²) in [6, 6.07) is 0.602. The Kier molecular flexibility index (Phi) is 2.40. The van der Waals surface area contributed by atoms with Gasteiger partial charge in [0.1, 0.15) is 5.84 Å². The molecule has 2 aliphatic rings. The van der Waals surface area contributed by atoms with Crippen LogP contribution in [0, 0.1) is 0 Å². The number of piperidine rings is 1. The molecule has 0 aromatic carbocycles. The minimum Gasteiger partial charge on any atom is -0.372 e. The number of nitrogens with zero attached hydrogens (tertiary/aromatic N) is 3. The van der Waals surface area contributed by atoms with E-state index < -0.39 is 0 Å². The molecule has 0 saturated carbocycles. The predicted molar refractivity (Wildman–Crippen MR) is 51.4 cm³/mol. The van der Waals surface area contributed by atoms with E-state index in [0.717, 1.165) is 12.4 Å². The Labute approximate surface area is 79.1 Å². The number of amidine groups is 1. The Balaban J connectivity index is 1.96. The van der Waals surface area contributed by atoms with Gasteiger partial charge in [-0.2, -0.15) is 0 Å². The Bertz CT molecular complexity index is 217. The summed E-state index contributed by atoms with van der Waals surface area (Å²) in [5, 5.41) is 3.94. The molecule has 0 spiro atoms. The summed E-state index contributed by atoms with van der Waals surface area (Å²) in [5.41, 5.74) is 0. The Morgan fingerprint density at radius 2 is 2.38 bits per heavy atom. The predicted octanol–water partition coefficient (Wildman–Crippen LogP) is 0.704. The minimum absolute atomic E-state index is 0.602. The van der Waals surface area contributed by atoms with Crippen LogP contribution < -0.4 is 0 Å². The standard InChI is InChI=1S/C9H17N3O/c1-8-10-13-7-12(8)9-4-3-5-11(2)6-9/h9H,3-7H2,1-2H3. The number of oxime groups is 1. The number of rotatable bonds is 1. The number of hydrogen-bond acceptors (Lipinski definition) is 4. The van der Waals surface area contributed by atoms with Crippen molar-refractivity contribution in [3.8, 4) is 0 Å². The molecule has 4 nitrogen and oxygen atoms in total. The van der Waals surface area contributed by atoms with Gasteiger partial charge in [0.2, 0.25) is 0 Å². The van der Waals surface area contributed by atoms with Gasteiger partial charge >= 0.3 is 0 Å². The summed E-state index contributed by atoms with van der Waals surface area (Å²) in [7, 11) is 2.18. The lowest BCUT2D eigenvalue weighted by Gasteiger charge is -2.35. The summed E-state index contributed by atoms with van der Waals surface area (Å²) >= 11 is 0. The summed E-state index contributed by atoms with van der Waals surface area (Å²) in [6.07, 6.45) is 2.55. The normalized spacial score (nSPS) is 30.2. The molecule has 1 unspecified atom stereocenters. The number of likely N-dealkylation sites (tertiary alicyclic amines) is 1. The molecule has 2 heterocycles. The van der Waals surface area contributed by atoms with E-state index in [4.69, 9.17) is 4.84 Å². The summed E-state index contributed by atoms with van der Waals surface area (Å²) in [5.74, 6) is 1.03. The summed E-state index contributed by atoms with van der Waals surface area (Å²) < 4.78 is 0. The van der Waals surface area contributed by atoms with E-state index in [1.54, 1.807) is 0 Å². The molecule has 1 atom stereocenters. The van der Waals surface area contributed by atoms with Crippen molar-refractivity contribution >= 4 is 5.84 Å². The fourth-order valence-corrected chi connectivity index (χ4v) is 2.09. The van der Waals surface area contributed by atoms with Crippen LogP contribution in [-0.4, -0.2) is 48.5 Å². The molecule has 0 N–H and O–H groups in total. The zero-order valence-electron chi connectivity index (χ0n) is 8.36. The average Bonchev–Trinajstić information content (AvgIpc) is 2.51. The third-order valence-electron chi connectivity index (χ3n) is 2.85. The maximum absolute atomic E-state index is 5.05. The molecule has 0 radical (unpaired) electrons. The van der Waals surface area contributed by atoms with Crippen LogP contribution >= 0.6 is 0 Å². The van der Waals surface area contributed by atoms with Gasteiger partial charge < -0.3 is 14.6 Å². The van der Waals surface area contributed by atoms with Crippen molar-refractivity contribution in [2.24, 2.45) is 5.16 Å². The molecule has 2 rings (SSSR count). The maximum atomic E-state index is 5.05. The topological polar surface area (TPSA) is 28.1 Å². The van der Waals surface area contributed by atoms with Crippen molar-refractivity contribution in [1.29, 1.82) is 0 Å². The summed E-state index contributed by atoms with van der Waals surface area (Å²) in [4.78, 5) is 9.69. The molecule has 13 heavy (non-hydrogen) atoms. The van der Waals surface area contributed by atoms with E-state index in [1.165, 1.54) is 19.4 Å². The van der Waals surface area contributed by atoms with E-state index in [0.29, 0.717) is 12.8 Å². The Morgan fingerprint density at radius 1 is 1.54 bits per heavy atom. The lowest BCUT2D eigenvalue weighted by molar-refractivity contribution is 0.0677. The van der Waals surface area contributed by atoms with Crippen molar-refractivity contribution in [3.63, 3.8) is 0 Å². The average molecular weight is 183 g/mol. The highest BCUT2D eigenvalue weighted by molar-refractivity contribution is 5.80. The molecule has 0 aliphatic carbocycles. The molecular weight excluding hydrogens is 166 g/mol. The highest BCUT2D eigenvalue weighted by Gasteiger charge is 2.27. The third kappa shape index (κ3) is 1.77. The van der Waals surface area contributed by atoms with Crippen LogP contribution in [0.5, 0.6) is 0 Å². The van der Waals surface area contributed by atoms with Gasteiger partial charge in [0.05, 0.1) is 0 Å². The first-order valence-electron chi connectivity index (χ1n) is 4.89. The van der Waals surface area contributed by atoms with Crippen molar-refractivity contribution in [2.45, 2.75) is 25.8 Å². The second kappa shape index (κ2) is 3.54. The second-order valence-electron chi connectivity index (χ2n) is 3.92. The van der Waals surface area contributed by atoms with Crippen LogP contribution in [0.1, 0.15) is 19.8 Å². The van der Waals surface area contributed by atoms with E-state index in [-0.39, 0.29) is 0 Å². The van der Waals surface area contributed by atoms with E-state index >= 15 is 0 Å². The largest absolute Gasteiger partial charge is 0.372 e. The number of likely N-dealkylation sites (N-methyl/N-ethyl adjacent to an activating group) is 1. The number of hydrogen-bond donors (Lipinski definition) is 0. The first kappa shape index (κ1) is 8.81. The van der Waals surface area contributed by atoms with E-state index in [9.17, 15) is 0 Å². The first-order chi connectivity index (χ1) is 6.27. The van der Waals surface area contributed by atoms with Gasteiger partial charge in [-0.15, -0.1) is 0 Å². The molecule has 0 aromatic rings. The molecular formula is C9H17N3O. The van der Waals surface area contributed by atoms with Crippen molar-refractivity contribution in [2.75, 3.05) is 26.9 Å². The van der Waals surface area contributed by atoms with Gasteiger partial charge in [-0.1, -0.05) is 5.16 Å². The van der Waals surface area contributed by atoms with Crippen molar-refractivity contribution in [3.05, 3.63) is 0 Å². The third-order valence-corrected chi connectivity index (χ3v) is 2.85. The molecule has 0 bridgehead atoms. The summed E-state index contributed by atoms with van der Waals surface area (Å²) in [6.45, 7) is 5.02. The Morgan fingerprint density at radius 3 is 3.00 bits per heavy atom. The lowest BCUT2D eigenvalue weighted by atomic mass is 10.1. The molecule has 4 heteroatoms. The van der Waals surface area contributed by atoms with E-state index in [1.807, 2.05) is 6.92 Å². The second-order valence-corrected chi connectivity index (χ2v) is 3.92. The van der Waals surface area contributed by atoms with Crippen LogP contribution in [-0.2, 0) is 4.84 Å². The smallest absolute Gasteiger partial charge is 0.191 e. The zero-order chi connectivity index (χ0) is 9.26. The highest BCUT2D eigenvalue weighted by Crippen LogP contribution is 2.17. The monoisotopic (exact) mass is 183 g/mol. The van der Waals surface area contributed by atoms with Crippen molar-refractivity contribution in [1.82, 2.24) is 9.80 Å². The van der Waals surface area contributed by atoms with Crippen molar-refractivity contribution < 1.29 is 4.84 Å². The lowest BCUT2D eigenvalue weighted by Crippen LogP contribution is -2.47. The Hall–Kier alpha value is -0.770. The minimum atomic E-state index is 0.602. The van der Waals surface area contributed by atoms with Gasteiger partial charge in [0.15, 0.2) is 6.73 Å². The van der Waals surface area contributed by atoms with Gasteiger partial charge in [-0.05, 0) is 33.4 Å². The highest BCUT2D eigenvalue weighted by atomic mass is 16.7. The molecule has 2 aliphatic heterocycles. The van der Waals surface area contributed by atoms with Crippen LogP contribution in [0.15, 0.2) is 5.16 Å². The molecule has 74 valence electrons. The molecule has 1 fully saturated rings. The SMILES string of the molecule is CC1=NOCN1C1CCCN(C)C1.